The highest BCUT2D eigenvalue weighted by Crippen LogP contribution is 2.26. The number of hydrogen-bond donors (Lipinski definition) is 2. The van der Waals surface area contributed by atoms with Crippen LogP contribution in [0.3, 0.4) is 0 Å². The summed E-state index contributed by atoms with van der Waals surface area (Å²) in [6, 6.07) is 2.32. The highest BCUT2D eigenvalue weighted by atomic mass is 16.3. The molecule has 1 aliphatic carbocycles. The van der Waals surface area contributed by atoms with Crippen LogP contribution in [-0.4, -0.2) is 27.7 Å². The fourth-order valence-corrected chi connectivity index (χ4v) is 2.60. The number of rotatable bonds is 3. The largest absolute Gasteiger partial charge is 0.396 e. The number of hydrogen-bond acceptors (Lipinski definition) is 4. The van der Waals surface area contributed by atoms with Crippen LogP contribution in [0.2, 0.25) is 0 Å². The molecule has 2 unspecified atom stereocenters. The molecule has 1 aromatic rings. The standard InChI is InChI=1S/C13H21N3O/c1-9-7-13(15-10(2)14-9)16-12-6-4-3-5-11(12)8-17/h7,11-12,17H,3-6,8H2,1-2H3,(H,14,15,16). The molecule has 0 spiro atoms. The summed E-state index contributed by atoms with van der Waals surface area (Å²) in [6.45, 7) is 4.15. The van der Waals surface area contributed by atoms with Crippen molar-refractivity contribution in [1.29, 1.82) is 0 Å². The second kappa shape index (κ2) is 5.45. The number of aliphatic hydroxyl groups is 1. The van der Waals surface area contributed by atoms with Crippen LogP contribution >= 0.6 is 0 Å². The Kier molecular flexibility index (Phi) is 3.94. The fourth-order valence-electron chi connectivity index (χ4n) is 2.60. The SMILES string of the molecule is Cc1cc(NC2CCCCC2CO)nc(C)n1. The molecular formula is C13H21N3O. The van der Waals surface area contributed by atoms with Crippen molar-refractivity contribution in [2.45, 2.75) is 45.6 Å². The van der Waals surface area contributed by atoms with Gasteiger partial charge in [0.2, 0.25) is 0 Å². The molecule has 1 aliphatic rings. The van der Waals surface area contributed by atoms with Gasteiger partial charge in [-0.15, -0.1) is 0 Å². The fraction of sp³-hybridized carbons (Fsp3) is 0.692. The van der Waals surface area contributed by atoms with Gasteiger partial charge < -0.3 is 10.4 Å². The molecule has 0 amide bonds. The lowest BCUT2D eigenvalue weighted by molar-refractivity contribution is 0.178. The summed E-state index contributed by atoms with van der Waals surface area (Å²) in [6.07, 6.45) is 4.69. The Morgan fingerprint density at radius 3 is 2.76 bits per heavy atom. The van der Waals surface area contributed by atoms with Crippen molar-refractivity contribution in [2.24, 2.45) is 5.92 Å². The van der Waals surface area contributed by atoms with Gasteiger partial charge in [-0.1, -0.05) is 12.8 Å². The van der Waals surface area contributed by atoms with Gasteiger partial charge in [-0.3, -0.25) is 0 Å². The van der Waals surface area contributed by atoms with Gasteiger partial charge in [0.15, 0.2) is 0 Å². The highest BCUT2D eigenvalue weighted by molar-refractivity contribution is 5.37. The molecule has 1 heterocycles. The summed E-state index contributed by atoms with van der Waals surface area (Å²) in [5, 5.41) is 12.8. The Morgan fingerprint density at radius 1 is 1.29 bits per heavy atom. The summed E-state index contributed by atoms with van der Waals surface area (Å²) >= 11 is 0. The van der Waals surface area contributed by atoms with Crippen LogP contribution < -0.4 is 5.32 Å². The summed E-state index contributed by atoms with van der Waals surface area (Å²) < 4.78 is 0. The van der Waals surface area contributed by atoms with Gasteiger partial charge in [0.05, 0.1) is 0 Å². The molecule has 0 saturated heterocycles. The molecule has 94 valence electrons. The Morgan fingerprint density at radius 2 is 2.06 bits per heavy atom. The first-order chi connectivity index (χ1) is 8.19. The highest BCUT2D eigenvalue weighted by Gasteiger charge is 2.24. The lowest BCUT2D eigenvalue weighted by atomic mass is 9.85. The molecule has 0 bridgehead atoms. The van der Waals surface area contributed by atoms with Gasteiger partial charge in [0, 0.05) is 30.3 Å². The van der Waals surface area contributed by atoms with Gasteiger partial charge >= 0.3 is 0 Å². The van der Waals surface area contributed by atoms with E-state index in [2.05, 4.69) is 15.3 Å². The first-order valence-electron chi connectivity index (χ1n) is 6.38. The van der Waals surface area contributed by atoms with Gasteiger partial charge in [-0.2, -0.15) is 0 Å². The van der Waals surface area contributed by atoms with Crippen LogP contribution in [0.5, 0.6) is 0 Å². The van der Waals surface area contributed by atoms with Crippen LogP contribution in [0.25, 0.3) is 0 Å². The van der Waals surface area contributed by atoms with E-state index in [1.54, 1.807) is 0 Å². The van der Waals surface area contributed by atoms with Crippen molar-refractivity contribution >= 4 is 5.82 Å². The van der Waals surface area contributed by atoms with Crippen LogP contribution in [0.4, 0.5) is 5.82 Å². The van der Waals surface area contributed by atoms with E-state index >= 15 is 0 Å². The third kappa shape index (κ3) is 3.16. The number of anilines is 1. The predicted molar refractivity (Wildman–Crippen MR) is 68.0 cm³/mol. The van der Waals surface area contributed by atoms with E-state index in [4.69, 9.17) is 0 Å². The van der Waals surface area contributed by atoms with E-state index in [1.165, 1.54) is 12.8 Å². The molecule has 0 aliphatic heterocycles. The van der Waals surface area contributed by atoms with Crippen molar-refractivity contribution in [1.82, 2.24) is 9.97 Å². The van der Waals surface area contributed by atoms with Crippen molar-refractivity contribution in [2.75, 3.05) is 11.9 Å². The normalized spacial score (nSPS) is 24.6. The van der Waals surface area contributed by atoms with E-state index in [9.17, 15) is 5.11 Å². The third-order valence-electron chi connectivity index (χ3n) is 3.44. The first kappa shape index (κ1) is 12.3. The van der Waals surface area contributed by atoms with Gasteiger partial charge in [-0.05, 0) is 26.7 Å². The van der Waals surface area contributed by atoms with Gasteiger partial charge in [0.1, 0.15) is 11.6 Å². The van der Waals surface area contributed by atoms with Crippen LogP contribution in [0, 0.1) is 19.8 Å². The summed E-state index contributed by atoms with van der Waals surface area (Å²) in [5.74, 6) is 2.04. The van der Waals surface area contributed by atoms with Crippen LogP contribution in [-0.2, 0) is 0 Å². The molecule has 1 fully saturated rings. The molecule has 17 heavy (non-hydrogen) atoms. The first-order valence-corrected chi connectivity index (χ1v) is 6.38. The molecule has 2 N–H and O–H groups in total. The molecule has 4 heteroatoms. The maximum atomic E-state index is 9.38. The average molecular weight is 235 g/mol. The lowest BCUT2D eigenvalue weighted by Gasteiger charge is -2.31. The Labute approximate surface area is 102 Å². The second-order valence-electron chi connectivity index (χ2n) is 4.92. The molecule has 2 rings (SSSR count). The minimum atomic E-state index is 0.265. The van der Waals surface area contributed by atoms with Gasteiger partial charge in [0.25, 0.3) is 0 Å². The molecule has 4 nitrogen and oxygen atoms in total. The zero-order chi connectivity index (χ0) is 12.3. The monoisotopic (exact) mass is 235 g/mol. The van der Waals surface area contributed by atoms with Crippen molar-refractivity contribution < 1.29 is 5.11 Å². The number of aromatic nitrogens is 2. The zero-order valence-corrected chi connectivity index (χ0v) is 10.6. The van der Waals surface area contributed by atoms with E-state index in [0.717, 1.165) is 30.2 Å². The summed E-state index contributed by atoms with van der Waals surface area (Å²) in [7, 11) is 0. The van der Waals surface area contributed by atoms with E-state index in [-0.39, 0.29) is 6.61 Å². The van der Waals surface area contributed by atoms with Crippen molar-refractivity contribution in [3.63, 3.8) is 0 Å². The van der Waals surface area contributed by atoms with Gasteiger partial charge in [-0.25, -0.2) is 9.97 Å². The van der Waals surface area contributed by atoms with Crippen LogP contribution in [0.15, 0.2) is 6.07 Å². The van der Waals surface area contributed by atoms with Crippen molar-refractivity contribution in [3.05, 3.63) is 17.6 Å². The average Bonchev–Trinajstić information content (AvgIpc) is 2.28. The number of nitrogens with zero attached hydrogens (tertiary/aromatic N) is 2. The number of aryl methyl sites for hydroxylation is 2. The molecule has 1 aromatic heterocycles. The molecule has 2 atom stereocenters. The van der Waals surface area contributed by atoms with Crippen LogP contribution in [0.1, 0.15) is 37.2 Å². The molecule has 0 aromatic carbocycles. The smallest absolute Gasteiger partial charge is 0.130 e. The minimum Gasteiger partial charge on any atom is -0.396 e. The molecule has 1 saturated carbocycles. The molecular weight excluding hydrogens is 214 g/mol. The third-order valence-corrected chi connectivity index (χ3v) is 3.44. The quantitative estimate of drug-likeness (QED) is 0.842. The van der Waals surface area contributed by atoms with E-state index < -0.39 is 0 Å². The lowest BCUT2D eigenvalue weighted by Crippen LogP contribution is -2.34. The molecule has 0 radical (unpaired) electrons. The maximum absolute atomic E-state index is 9.38. The zero-order valence-electron chi connectivity index (χ0n) is 10.6. The van der Waals surface area contributed by atoms with E-state index in [1.807, 2.05) is 19.9 Å². The second-order valence-corrected chi connectivity index (χ2v) is 4.92. The Balaban J connectivity index is 2.08. The Bertz CT molecular complexity index is 361. The predicted octanol–water partition coefficient (Wildman–Crippen LogP) is 2.06. The van der Waals surface area contributed by atoms with E-state index in [0.29, 0.717) is 12.0 Å². The Hall–Kier alpha value is -1.16. The summed E-state index contributed by atoms with van der Waals surface area (Å²) in [5.41, 5.74) is 0.983. The minimum absolute atomic E-state index is 0.265. The number of nitrogens with one attached hydrogen (secondary N) is 1. The van der Waals surface area contributed by atoms with Crippen molar-refractivity contribution in [3.8, 4) is 0 Å². The number of aliphatic hydroxyl groups excluding tert-OH is 1. The topological polar surface area (TPSA) is 58.0 Å². The maximum Gasteiger partial charge on any atom is 0.130 e. The summed E-state index contributed by atoms with van der Waals surface area (Å²) in [4.78, 5) is 8.66.